The number of benzene rings is 1. The van der Waals surface area contributed by atoms with Gasteiger partial charge in [0, 0.05) is 12.6 Å². The number of amides is 2. The first-order valence-electron chi connectivity index (χ1n) is 8.40. The number of urea groups is 1. The van der Waals surface area contributed by atoms with Gasteiger partial charge in [-0.25, -0.2) is 20.0 Å². The molecule has 9 nitrogen and oxygen atoms in total. The lowest BCUT2D eigenvalue weighted by Gasteiger charge is -2.20. The summed E-state index contributed by atoms with van der Waals surface area (Å²) in [5.41, 5.74) is 13.7. The highest BCUT2D eigenvalue weighted by molar-refractivity contribution is 5.94. The van der Waals surface area contributed by atoms with Gasteiger partial charge in [0.2, 0.25) is 0 Å². The zero-order valence-electron chi connectivity index (χ0n) is 14.9. The molecule has 10 heteroatoms. The third kappa shape index (κ3) is 3.83. The highest BCUT2D eigenvalue weighted by Gasteiger charge is 2.23. The lowest BCUT2D eigenvalue weighted by Crippen LogP contribution is -2.52. The maximum Gasteiger partial charge on any atom is 0.320 e. The fourth-order valence-electron chi connectivity index (χ4n) is 2.84. The Kier molecular flexibility index (Phi) is 5.47. The number of hydrogen-bond donors (Lipinski definition) is 6. The lowest BCUT2D eigenvalue weighted by atomic mass is 10.0. The molecule has 2 heterocycles. The fourth-order valence-corrected chi connectivity index (χ4v) is 2.84. The van der Waals surface area contributed by atoms with Crippen LogP contribution in [-0.2, 0) is 13.5 Å². The summed E-state index contributed by atoms with van der Waals surface area (Å²) >= 11 is 0. The van der Waals surface area contributed by atoms with Crippen LogP contribution in [-0.4, -0.2) is 28.0 Å². The van der Waals surface area contributed by atoms with Gasteiger partial charge in [0.15, 0.2) is 0 Å². The normalized spacial score (nSPS) is 15.8. The van der Waals surface area contributed by atoms with E-state index in [0.29, 0.717) is 12.2 Å². The molecule has 1 aromatic heterocycles. The molecule has 0 saturated carbocycles. The van der Waals surface area contributed by atoms with E-state index in [-0.39, 0.29) is 24.1 Å². The number of anilines is 1. The molecule has 1 aliphatic rings. The predicted octanol–water partition coefficient (Wildman–Crippen LogP) is 0.742. The summed E-state index contributed by atoms with van der Waals surface area (Å²) in [6.07, 6.45) is 0.517. The van der Waals surface area contributed by atoms with Crippen LogP contribution in [0.3, 0.4) is 0 Å². The molecule has 2 aromatic rings. The predicted molar refractivity (Wildman–Crippen MR) is 95.9 cm³/mol. The molecule has 1 aliphatic heterocycles. The van der Waals surface area contributed by atoms with Gasteiger partial charge in [-0.05, 0) is 31.0 Å². The summed E-state index contributed by atoms with van der Waals surface area (Å²) in [4.78, 5) is 12.4. The maximum absolute atomic E-state index is 13.3. The van der Waals surface area contributed by atoms with Gasteiger partial charge in [-0.15, -0.1) is 0 Å². The van der Waals surface area contributed by atoms with Crippen molar-refractivity contribution < 1.29 is 9.18 Å². The second kappa shape index (κ2) is 7.79. The number of rotatable bonds is 5. The second-order valence-corrected chi connectivity index (χ2v) is 6.06. The summed E-state index contributed by atoms with van der Waals surface area (Å²) < 4.78 is 14.9. The second-order valence-electron chi connectivity index (χ2n) is 6.06. The third-order valence-corrected chi connectivity index (χ3v) is 4.20. The number of aromatic nitrogens is 2. The number of aryl methyl sites for hydroxylation is 2. The van der Waals surface area contributed by atoms with Crippen LogP contribution in [0, 0.1) is 5.82 Å². The van der Waals surface area contributed by atoms with E-state index in [4.69, 9.17) is 0 Å². The number of nitrogens with zero attached hydrogens (tertiary/aromatic N) is 2. The Balaban J connectivity index is 1.81. The van der Waals surface area contributed by atoms with E-state index in [2.05, 4.69) is 37.7 Å². The molecule has 140 valence electrons. The Hall–Kier alpha value is -2.53. The SMILES string of the molecule is CCc1nn(C)c(NC(=O)NC(C)C2NNNN2)c1-c1ccc(F)cc1. The molecule has 2 amide bonds. The monoisotopic (exact) mass is 362 g/mol. The van der Waals surface area contributed by atoms with Crippen LogP contribution < -0.4 is 32.6 Å². The summed E-state index contributed by atoms with van der Waals surface area (Å²) in [5.74, 6) is 0.247. The molecule has 0 aliphatic carbocycles. The molecule has 1 aromatic carbocycles. The topological polar surface area (TPSA) is 107 Å². The van der Waals surface area contributed by atoms with Crippen molar-refractivity contribution in [1.29, 1.82) is 0 Å². The van der Waals surface area contributed by atoms with Gasteiger partial charge in [-0.3, -0.25) is 10.00 Å². The van der Waals surface area contributed by atoms with Crippen molar-refractivity contribution in [2.75, 3.05) is 5.32 Å². The zero-order chi connectivity index (χ0) is 18.7. The van der Waals surface area contributed by atoms with Crippen LogP contribution in [0.2, 0.25) is 0 Å². The number of hydrogen-bond acceptors (Lipinski definition) is 6. The van der Waals surface area contributed by atoms with Gasteiger partial charge >= 0.3 is 6.03 Å². The number of halogens is 1. The first-order chi connectivity index (χ1) is 12.5. The molecule has 0 radical (unpaired) electrons. The van der Waals surface area contributed by atoms with Gasteiger partial charge in [0.1, 0.15) is 17.8 Å². The van der Waals surface area contributed by atoms with Crippen LogP contribution >= 0.6 is 0 Å². The Labute approximate surface area is 150 Å². The molecular formula is C16H23FN8O. The summed E-state index contributed by atoms with van der Waals surface area (Å²) in [6.45, 7) is 3.85. The molecule has 1 unspecified atom stereocenters. The average Bonchev–Trinajstić information content (AvgIpc) is 3.25. The average molecular weight is 362 g/mol. The van der Waals surface area contributed by atoms with Crippen molar-refractivity contribution in [2.45, 2.75) is 32.5 Å². The highest BCUT2D eigenvalue weighted by atomic mass is 19.1. The van der Waals surface area contributed by atoms with Gasteiger partial charge in [0.25, 0.3) is 0 Å². The quantitative estimate of drug-likeness (QED) is 0.469. The standard InChI is InChI=1S/C16H23FN8O/c1-4-12-13(10-5-7-11(17)8-6-10)15(25(3)22-12)19-16(26)18-9(2)14-20-23-24-21-14/h5-9,14,20-21,23-24H,4H2,1-3H3,(H2,18,19,26). The van der Waals surface area contributed by atoms with E-state index < -0.39 is 0 Å². The molecule has 0 spiro atoms. The summed E-state index contributed by atoms with van der Waals surface area (Å²) in [7, 11) is 1.76. The van der Waals surface area contributed by atoms with Crippen molar-refractivity contribution in [1.82, 2.24) is 37.0 Å². The molecule has 1 fully saturated rings. The van der Waals surface area contributed by atoms with Crippen LogP contribution in [0.5, 0.6) is 0 Å². The smallest absolute Gasteiger partial charge is 0.320 e. The number of carbonyl (C=O) groups is 1. The van der Waals surface area contributed by atoms with Gasteiger partial charge in [-0.1, -0.05) is 19.1 Å². The van der Waals surface area contributed by atoms with Gasteiger partial charge < -0.3 is 5.32 Å². The van der Waals surface area contributed by atoms with Crippen molar-refractivity contribution in [3.63, 3.8) is 0 Å². The van der Waals surface area contributed by atoms with E-state index in [9.17, 15) is 9.18 Å². The van der Waals surface area contributed by atoms with Crippen molar-refractivity contribution in [3.05, 3.63) is 35.8 Å². The molecule has 1 saturated heterocycles. The van der Waals surface area contributed by atoms with E-state index in [1.165, 1.54) is 12.1 Å². The number of hydrazine groups is 3. The Bertz CT molecular complexity index is 769. The van der Waals surface area contributed by atoms with Crippen molar-refractivity contribution >= 4 is 11.8 Å². The minimum atomic E-state index is -0.359. The van der Waals surface area contributed by atoms with Crippen LogP contribution in [0.4, 0.5) is 15.0 Å². The zero-order valence-corrected chi connectivity index (χ0v) is 14.9. The molecule has 26 heavy (non-hydrogen) atoms. The number of nitrogens with one attached hydrogen (secondary N) is 6. The maximum atomic E-state index is 13.3. The van der Waals surface area contributed by atoms with Gasteiger partial charge in [0.05, 0.1) is 11.7 Å². The molecular weight excluding hydrogens is 339 g/mol. The van der Waals surface area contributed by atoms with Crippen LogP contribution in [0.15, 0.2) is 24.3 Å². The Morgan fingerprint density at radius 1 is 1.31 bits per heavy atom. The molecule has 3 rings (SSSR count). The van der Waals surface area contributed by atoms with Crippen molar-refractivity contribution in [3.8, 4) is 11.1 Å². The molecule has 0 bridgehead atoms. The van der Waals surface area contributed by atoms with Crippen LogP contribution in [0.25, 0.3) is 11.1 Å². The lowest BCUT2D eigenvalue weighted by molar-refractivity contribution is 0.245. The van der Waals surface area contributed by atoms with Crippen molar-refractivity contribution in [2.24, 2.45) is 7.05 Å². The first-order valence-corrected chi connectivity index (χ1v) is 8.40. The summed E-state index contributed by atoms with van der Waals surface area (Å²) in [6, 6.07) is 5.59. The minimum absolute atomic E-state index is 0.171. The van der Waals surface area contributed by atoms with E-state index >= 15 is 0 Å². The highest BCUT2D eigenvalue weighted by Crippen LogP contribution is 2.31. The van der Waals surface area contributed by atoms with E-state index in [0.717, 1.165) is 16.8 Å². The number of carbonyl (C=O) groups excluding carboxylic acids is 1. The first kappa shape index (κ1) is 18.3. The fraction of sp³-hybridized carbons (Fsp3) is 0.375. The Morgan fingerprint density at radius 2 is 1.96 bits per heavy atom. The van der Waals surface area contributed by atoms with E-state index in [1.807, 2.05) is 13.8 Å². The summed E-state index contributed by atoms with van der Waals surface area (Å²) in [5, 5.41) is 10.2. The van der Waals surface area contributed by atoms with E-state index in [1.54, 1.807) is 23.9 Å². The molecule has 6 N–H and O–H groups in total. The molecule has 1 atom stereocenters. The third-order valence-electron chi connectivity index (χ3n) is 4.20. The Morgan fingerprint density at radius 3 is 2.58 bits per heavy atom. The largest absolute Gasteiger partial charge is 0.332 e. The van der Waals surface area contributed by atoms with Gasteiger partial charge in [-0.2, -0.15) is 16.2 Å². The minimum Gasteiger partial charge on any atom is -0.332 e. The van der Waals surface area contributed by atoms with Crippen LogP contribution in [0.1, 0.15) is 19.5 Å².